The summed E-state index contributed by atoms with van der Waals surface area (Å²) in [6.07, 6.45) is 3.19. The van der Waals surface area contributed by atoms with Gasteiger partial charge < -0.3 is 9.47 Å². The maximum absolute atomic E-state index is 13.8. The summed E-state index contributed by atoms with van der Waals surface area (Å²) in [6.45, 7) is 10.2. The van der Waals surface area contributed by atoms with Crippen LogP contribution in [0.15, 0.2) is 83.4 Å². The number of ether oxygens (including phenoxy) is 2. The summed E-state index contributed by atoms with van der Waals surface area (Å²) >= 11 is 9.25. The number of nitrogens with zero attached hydrogens (tertiary/aromatic N) is 2. The van der Waals surface area contributed by atoms with Crippen molar-refractivity contribution >= 4 is 62.5 Å². The lowest BCUT2D eigenvalue weighted by molar-refractivity contribution is -0.120. The molecule has 0 aliphatic carbocycles. The van der Waals surface area contributed by atoms with Crippen molar-refractivity contribution in [1.82, 2.24) is 0 Å². The predicted molar refractivity (Wildman–Crippen MR) is 159 cm³/mol. The number of anilines is 2. The summed E-state index contributed by atoms with van der Waals surface area (Å²) in [5, 5.41) is 0.0919. The molecule has 0 aromatic heterocycles. The van der Waals surface area contributed by atoms with E-state index < -0.39 is 11.8 Å². The third kappa shape index (κ3) is 5.56. The number of hydrogen-bond donors (Lipinski definition) is 0. The van der Waals surface area contributed by atoms with Crippen LogP contribution in [0.1, 0.15) is 23.6 Å². The van der Waals surface area contributed by atoms with E-state index in [2.05, 4.69) is 22.5 Å². The number of rotatable bonds is 8. The number of carbonyl (C=O) groups excluding carboxylic acids is 2. The first-order valence-electron chi connectivity index (χ1n) is 12.0. The monoisotopic (exact) mass is 590 g/mol. The first-order valence-corrected chi connectivity index (χ1v) is 13.2. The van der Waals surface area contributed by atoms with Crippen molar-refractivity contribution < 1.29 is 19.1 Å². The second-order valence-corrected chi connectivity index (χ2v) is 9.87. The van der Waals surface area contributed by atoms with Crippen LogP contribution in [0.25, 0.3) is 6.08 Å². The van der Waals surface area contributed by atoms with Crippen molar-refractivity contribution in [3.05, 3.63) is 100 Å². The number of thiocarbonyl (C=S) groups is 1. The minimum absolute atomic E-state index is 0.0335. The van der Waals surface area contributed by atoms with Gasteiger partial charge in [0.05, 0.1) is 22.5 Å². The highest BCUT2D eigenvalue weighted by Gasteiger charge is 2.41. The zero-order chi connectivity index (χ0) is 27.4. The average molecular weight is 592 g/mol. The highest BCUT2D eigenvalue weighted by Crippen LogP contribution is 2.38. The van der Waals surface area contributed by atoms with Gasteiger partial charge in [-0.25, -0.2) is 0 Å². The number of hydrogen-bond acceptors (Lipinski definition) is 5. The molecular weight excluding hydrogens is 564 g/mol. The molecule has 6 nitrogen and oxygen atoms in total. The highest BCUT2D eigenvalue weighted by molar-refractivity contribution is 9.10. The van der Waals surface area contributed by atoms with Gasteiger partial charge in [0.1, 0.15) is 12.2 Å². The smallest absolute Gasteiger partial charge is 0.270 e. The zero-order valence-corrected chi connectivity index (χ0v) is 23.8. The molecule has 0 unspecified atom stereocenters. The van der Waals surface area contributed by atoms with Gasteiger partial charge in [0, 0.05) is 0 Å². The van der Waals surface area contributed by atoms with E-state index in [4.69, 9.17) is 21.7 Å². The minimum atomic E-state index is -0.506. The van der Waals surface area contributed by atoms with E-state index in [0.717, 1.165) is 11.1 Å². The van der Waals surface area contributed by atoms with E-state index in [-0.39, 0.29) is 10.7 Å². The molecule has 8 heteroatoms. The number of aryl methyl sites for hydroxylation is 2. The lowest BCUT2D eigenvalue weighted by Gasteiger charge is -2.36. The largest absolute Gasteiger partial charge is 0.490 e. The molecule has 0 N–H and O–H groups in total. The van der Waals surface area contributed by atoms with Crippen molar-refractivity contribution in [2.24, 2.45) is 0 Å². The molecule has 1 fully saturated rings. The summed E-state index contributed by atoms with van der Waals surface area (Å²) in [6, 6.07) is 18.4. The summed E-state index contributed by atoms with van der Waals surface area (Å²) in [4.78, 5) is 30.4. The molecule has 194 valence electrons. The maximum Gasteiger partial charge on any atom is 0.270 e. The SMILES string of the molecule is C=CCOc1c(Br)cc(C=C2C(=O)N(c3ccc(C)cc3)C(=S)N(c3ccc(C)cc3)C2=O)cc1OCC. The van der Waals surface area contributed by atoms with E-state index in [1.807, 2.05) is 69.3 Å². The Morgan fingerprint density at radius 3 is 1.89 bits per heavy atom. The molecule has 4 rings (SSSR count). The second kappa shape index (κ2) is 11.8. The first kappa shape index (κ1) is 27.3. The van der Waals surface area contributed by atoms with Crippen LogP contribution >= 0.6 is 28.1 Å². The Balaban J connectivity index is 1.86. The maximum atomic E-state index is 13.8. The molecule has 0 radical (unpaired) electrons. The van der Waals surface area contributed by atoms with Gasteiger partial charge in [0.2, 0.25) is 0 Å². The molecule has 0 saturated carbocycles. The van der Waals surface area contributed by atoms with Crippen molar-refractivity contribution in [2.75, 3.05) is 23.0 Å². The van der Waals surface area contributed by atoms with Crippen LogP contribution in [0.4, 0.5) is 11.4 Å². The molecule has 1 aliphatic heterocycles. The number of amides is 2. The molecule has 3 aromatic rings. The molecule has 38 heavy (non-hydrogen) atoms. The van der Waals surface area contributed by atoms with Gasteiger partial charge in [-0.2, -0.15) is 0 Å². The fourth-order valence-electron chi connectivity index (χ4n) is 3.96. The minimum Gasteiger partial charge on any atom is -0.490 e. The second-order valence-electron chi connectivity index (χ2n) is 8.66. The van der Waals surface area contributed by atoms with Gasteiger partial charge in [-0.3, -0.25) is 19.4 Å². The topological polar surface area (TPSA) is 59.1 Å². The van der Waals surface area contributed by atoms with Crippen LogP contribution in [-0.2, 0) is 9.59 Å². The van der Waals surface area contributed by atoms with Gasteiger partial charge in [-0.1, -0.05) is 48.0 Å². The van der Waals surface area contributed by atoms with Crippen molar-refractivity contribution in [3.63, 3.8) is 0 Å². The molecule has 3 aromatic carbocycles. The van der Waals surface area contributed by atoms with Crippen molar-refractivity contribution in [1.29, 1.82) is 0 Å². The Hall–Kier alpha value is -3.75. The van der Waals surface area contributed by atoms with Gasteiger partial charge >= 0.3 is 0 Å². The van der Waals surface area contributed by atoms with E-state index in [0.29, 0.717) is 46.1 Å². The lowest BCUT2D eigenvalue weighted by atomic mass is 10.0. The summed E-state index contributed by atoms with van der Waals surface area (Å²) in [7, 11) is 0. The quantitative estimate of drug-likeness (QED) is 0.125. The molecule has 2 amide bonds. The van der Waals surface area contributed by atoms with Crippen molar-refractivity contribution in [2.45, 2.75) is 20.8 Å². The molecular formula is C30H27BrN2O4S. The Bertz CT molecular complexity index is 1360. The van der Waals surface area contributed by atoms with E-state index in [1.54, 1.807) is 24.3 Å². The normalized spacial score (nSPS) is 13.6. The van der Waals surface area contributed by atoms with E-state index in [1.165, 1.54) is 9.80 Å². The van der Waals surface area contributed by atoms with Gasteiger partial charge in [-0.15, -0.1) is 0 Å². The fourth-order valence-corrected chi connectivity index (χ4v) is 4.91. The number of carbonyl (C=O) groups is 2. The van der Waals surface area contributed by atoms with Crippen LogP contribution in [-0.4, -0.2) is 30.1 Å². The van der Waals surface area contributed by atoms with Gasteiger partial charge in [0.15, 0.2) is 16.6 Å². The van der Waals surface area contributed by atoms with Crippen LogP contribution in [0, 0.1) is 13.8 Å². The van der Waals surface area contributed by atoms with Crippen molar-refractivity contribution in [3.8, 4) is 11.5 Å². The highest BCUT2D eigenvalue weighted by atomic mass is 79.9. The average Bonchev–Trinajstić information content (AvgIpc) is 2.88. The Labute approximate surface area is 236 Å². The van der Waals surface area contributed by atoms with E-state index >= 15 is 0 Å². The molecule has 0 bridgehead atoms. The van der Waals surface area contributed by atoms with E-state index in [9.17, 15) is 9.59 Å². The molecule has 0 spiro atoms. The van der Waals surface area contributed by atoms with Gasteiger partial charge in [-0.05, 0) is 97.0 Å². The summed E-state index contributed by atoms with van der Waals surface area (Å²) in [5.41, 5.74) is 3.78. The van der Waals surface area contributed by atoms with Crippen LogP contribution in [0.5, 0.6) is 11.5 Å². The predicted octanol–water partition coefficient (Wildman–Crippen LogP) is 6.78. The number of halogens is 1. The standard InChI is InChI=1S/C30H27BrN2O4S/c1-5-15-37-27-25(31)17-21(18-26(27)36-6-2)16-24-28(34)32(22-11-7-19(3)8-12-22)30(38)33(29(24)35)23-13-9-20(4)10-14-23/h5,7-14,16-18H,1,6,15H2,2-4H3. The lowest BCUT2D eigenvalue weighted by Crippen LogP contribution is -2.56. The Morgan fingerprint density at radius 1 is 0.895 bits per heavy atom. The molecule has 1 heterocycles. The zero-order valence-electron chi connectivity index (χ0n) is 21.4. The summed E-state index contributed by atoms with van der Waals surface area (Å²) < 4.78 is 12.2. The number of benzene rings is 3. The van der Waals surface area contributed by atoms with Crippen LogP contribution < -0.4 is 19.3 Å². The Morgan fingerprint density at radius 2 is 1.42 bits per heavy atom. The van der Waals surface area contributed by atoms with Gasteiger partial charge in [0.25, 0.3) is 11.8 Å². The fraction of sp³-hybridized carbons (Fsp3) is 0.167. The molecule has 1 saturated heterocycles. The van der Waals surface area contributed by atoms with Crippen LogP contribution in [0.3, 0.4) is 0 Å². The first-order chi connectivity index (χ1) is 18.2. The summed E-state index contributed by atoms with van der Waals surface area (Å²) in [5.74, 6) is -0.0203. The third-order valence-electron chi connectivity index (χ3n) is 5.82. The van der Waals surface area contributed by atoms with Crippen LogP contribution in [0.2, 0.25) is 0 Å². The molecule has 0 atom stereocenters. The molecule has 1 aliphatic rings. The third-order valence-corrected chi connectivity index (χ3v) is 6.78. The Kier molecular flexibility index (Phi) is 8.44.